The van der Waals surface area contributed by atoms with E-state index in [0.717, 1.165) is 42.3 Å². The van der Waals surface area contributed by atoms with Gasteiger partial charge in [0.2, 0.25) is 0 Å². The number of hydrogen-bond donors (Lipinski definition) is 2. The molecule has 1 saturated heterocycles. The van der Waals surface area contributed by atoms with E-state index in [-0.39, 0.29) is 11.9 Å². The number of hydrogen-bond acceptors (Lipinski definition) is 6. The summed E-state index contributed by atoms with van der Waals surface area (Å²) < 4.78 is 0. The maximum atomic E-state index is 12.7. The van der Waals surface area contributed by atoms with Gasteiger partial charge >= 0.3 is 0 Å². The zero-order valence-corrected chi connectivity index (χ0v) is 17.6. The van der Waals surface area contributed by atoms with Crippen LogP contribution in [0.15, 0.2) is 48.8 Å². The molecule has 0 radical (unpaired) electrons. The number of amides is 1. The first-order chi connectivity index (χ1) is 14.1. The van der Waals surface area contributed by atoms with E-state index in [1.54, 1.807) is 12.4 Å². The molecule has 0 saturated carbocycles. The lowest BCUT2D eigenvalue weighted by atomic mass is 10.00. The second kappa shape index (κ2) is 9.00. The summed E-state index contributed by atoms with van der Waals surface area (Å²) in [7, 11) is 0. The van der Waals surface area contributed by atoms with Crippen molar-refractivity contribution in [3.8, 4) is 0 Å². The Morgan fingerprint density at radius 3 is 2.97 bits per heavy atom. The minimum absolute atomic E-state index is 0.143. The maximum Gasteiger partial charge on any atom is 0.257 e. The van der Waals surface area contributed by atoms with Crippen molar-refractivity contribution in [1.29, 1.82) is 0 Å². The van der Waals surface area contributed by atoms with Crippen LogP contribution in [0.4, 0.5) is 5.13 Å². The fourth-order valence-electron chi connectivity index (χ4n) is 3.44. The molecule has 3 heterocycles. The Morgan fingerprint density at radius 1 is 1.31 bits per heavy atom. The minimum atomic E-state index is -0.143. The van der Waals surface area contributed by atoms with Gasteiger partial charge in [-0.2, -0.15) is 0 Å². The Balaban J connectivity index is 1.51. The highest BCUT2D eigenvalue weighted by Crippen LogP contribution is 2.25. The van der Waals surface area contributed by atoms with Gasteiger partial charge in [0.05, 0.1) is 10.7 Å². The molecule has 29 heavy (non-hydrogen) atoms. The van der Waals surface area contributed by atoms with E-state index in [2.05, 4.69) is 31.6 Å². The monoisotopic (exact) mass is 427 g/mol. The summed E-state index contributed by atoms with van der Waals surface area (Å²) in [6.45, 7) is 5.36. The van der Waals surface area contributed by atoms with Crippen LogP contribution >= 0.6 is 22.9 Å². The van der Waals surface area contributed by atoms with Crippen molar-refractivity contribution >= 4 is 34.0 Å². The van der Waals surface area contributed by atoms with Gasteiger partial charge in [-0.15, -0.1) is 11.3 Å². The highest BCUT2D eigenvalue weighted by molar-refractivity contribution is 7.15. The molecule has 2 aromatic heterocycles. The number of nitrogens with zero attached hydrogens (tertiary/aromatic N) is 3. The van der Waals surface area contributed by atoms with E-state index in [1.807, 2.05) is 37.3 Å². The number of aryl methyl sites for hydroxylation is 1. The van der Waals surface area contributed by atoms with E-state index in [9.17, 15) is 4.79 Å². The second-order valence-corrected chi connectivity index (χ2v) is 8.69. The molecule has 1 aliphatic heterocycles. The normalized spacial score (nSPS) is 17.2. The van der Waals surface area contributed by atoms with Crippen LogP contribution in [-0.4, -0.2) is 40.4 Å². The van der Waals surface area contributed by atoms with Crippen molar-refractivity contribution in [2.24, 2.45) is 0 Å². The van der Waals surface area contributed by atoms with Crippen LogP contribution < -0.4 is 10.6 Å². The number of pyridine rings is 1. The zero-order valence-electron chi connectivity index (χ0n) is 16.1. The number of carbonyl (C=O) groups excluding carboxylic acids is 1. The van der Waals surface area contributed by atoms with Gasteiger partial charge in [0, 0.05) is 55.1 Å². The molecule has 8 heteroatoms. The minimum Gasteiger partial charge on any atom is -0.314 e. The Labute approximate surface area is 178 Å². The van der Waals surface area contributed by atoms with Crippen molar-refractivity contribution in [2.45, 2.75) is 19.5 Å². The van der Waals surface area contributed by atoms with Gasteiger partial charge in [0.1, 0.15) is 0 Å². The number of aromatic nitrogens is 2. The highest BCUT2D eigenvalue weighted by atomic mass is 35.5. The molecule has 150 valence electrons. The Morgan fingerprint density at radius 2 is 2.21 bits per heavy atom. The average molecular weight is 428 g/mol. The average Bonchev–Trinajstić information content (AvgIpc) is 3.15. The predicted molar refractivity (Wildman–Crippen MR) is 117 cm³/mol. The standard InChI is InChI=1S/C21H22ClN5OS/c1-14-10-25-21(29-14)26-20(28)16-4-2-3-15(9-16)19-12-23-7-8-27(19)13-18-6-5-17(22)11-24-18/h2-6,9-11,19,23H,7-8,12-13H2,1H3,(H,25,26,28). The maximum absolute atomic E-state index is 12.7. The third kappa shape index (κ3) is 5.00. The molecule has 1 atom stereocenters. The number of nitrogens with one attached hydrogen (secondary N) is 2. The molecular weight excluding hydrogens is 406 g/mol. The van der Waals surface area contributed by atoms with E-state index >= 15 is 0 Å². The Bertz CT molecular complexity index is 991. The van der Waals surface area contributed by atoms with Crippen LogP contribution in [0.3, 0.4) is 0 Å². The molecule has 1 amide bonds. The highest BCUT2D eigenvalue weighted by Gasteiger charge is 2.25. The third-order valence-corrected chi connectivity index (χ3v) is 5.94. The molecule has 0 spiro atoms. The number of halogens is 1. The van der Waals surface area contributed by atoms with Crippen LogP contribution in [0.25, 0.3) is 0 Å². The second-order valence-electron chi connectivity index (χ2n) is 7.01. The fourth-order valence-corrected chi connectivity index (χ4v) is 4.21. The van der Waals surface area contributed by atoms with E-state index < -0.39 is 0 Å². The first-order valence-corrected chi connectivity index (χ1v) is 10.7. The van der Waals surface area contributed by atoms with Crippen molar-refractivity contribution in [3.05, 3.63) is 75.5 Å². The van der Waals surface area contributed by atoms with Crippen molar-refractivity contribution in [3.63, 3.8) is 0 Å². The van der Waals surface area contributed by atoms with Crippen molar-refractivity contribution in [2.75, 3.05) is 25.0 Å². The lowest BCUT2D eigenvalue weighted by Crippen LogP contribution is -2.45. The number of piperazine rings is 1. The topological polar surface area (TPSA) is 70.2 Å². The molecule has 6 nitrogen and oxygen atoms in total. The van der Waals surface area contributed by atoms with Crippen LogP contribution in [0.5, 0.6) is 0 Å². The van der Waals surface area contributed by atoms with Crippen LogP contribution in [0.1, 0.15) is 32.5 Å². The summed E-state index contributed by atoms with van der Waals surface area (Å²) >= 11 is 7.43. The Kier molecular flexibility index (Phi) is 6.20. The van der Waals surface area contributed by atoms with Gasteiger partial charge in [-0.05, 0) is 36.8 Å². The molecule has 0 aliphatic carbocycles. The number of anilines is 1. The van der Waals surface area contributed by atoms with Gasteiger partial charge in [0.25, 0.3) is 5.91 Å². The molecule has 1 unspecified atom stereocenters. The largest absolute Gasteiger partial charge is 0.314 e. The SMILES string of the molecule is Cc1cnc(NC(=O)c2cccc(C3CNCCN3Cc3ccc(Cl)cn3)c2)s1. The molecule has 1 aliphatic rings. The summed E-state index contributed by atoms with van der Waals surface area (Å²) in [5.74, 6) is -0.143. The van der Waals surface area contributed by atoms with Crippen LogP contribution in [0, 0.1) is 6.92 Å². The zero-order chi connectivity index (χ0) is 20.2. The van der Waals surface area contributed by atoms with Gasteiger partial charge in [-0.3, -0.25) is 20.0 Å². The third-order valence-electron chi connectivity index (χ3n) is 4.88. The lowest BCUT2D eigenvalue weighted by molar-refractivity contribution is 0.102. The smallest absolute Gasteiger partial charge is 0.257 e. The van der Waals surface area contributed by atoms with E-state index in [0.29, 0.717) is 15.7 Å². The quantitative estimate of drug-likeness (QED) is 0.646. The summed E-state index contributed by atoms with van der Waals surface area (Å²) in [5, 5.41) is 7.60. The molecular formula is C21H22ClN5OS. The molecule has 1 fully saturated rings. The van der Waals surface area contributed by atoms with E-state index in [4.69, 9.17) is 11.6 Å². The lowest BCUT2D eigenvalue weighted by Gasteiger charge is -2.36. The summed E-state index contributed by atoms with van der Waals surface area (Å²) in [4.78, 5) is 24.8. The first-order valence-electron chi connectivity index (χ1n) is 9.47. The first kappa shape index (κ1) is 20.0. The van der Waals surface area contributed by atoms with Crippen LogP contribution in [-0.2, 0) is 6.54 Å². The van der Waals surface area contributed by atoms with Gasteiger partial charge in [-0.25, -0.2) is 4.98 Å². The molecule has 0 bridgehead atoms. The Hall–Kier alpha value is -2.32. The number of carbonyl (C=O) groups is 1. The van der Waals surface area contributed by atoms with Gasteiger partial charge in [-0.1, -0.05) is 23.7 Å². The molecule has 2 N–H and O–H groups in total. The molecule has 3 aromatic rings. The van der Waals surface area contributed by atoms with Crippen molar-refractivity contribution in [1.82, 2.24) is 20.2 Å². The molecule has 1 aromatic carbocycles. The van der Waals surface area contributed by atoms with Gasteiger partial charge in [0.15, 0.2) is 5.13 Å². The van der Waals surface area contributed by atoms with E-state index in [1.165, 1.54) is 11.3 Å². The number of rotatable bonds is 5. The number of thiazole rings is 1. The summed E-state index contributed by atoms with van der Waals surface area (Å²) in [5.41, 5.74) is 2.72. The fraction of sp³-hybridized carbons (Fsp3) is 0.286. The predicted octanol–water partition coefficient (Wildman–Crippen LogP) is 3.90. The van der Waals surface area contributed by atoms with Crippen molar-refractivity contribution < 1.29 is 4.79 Å². The summed E-state index contributed by atoms with van der Waals surface area (Å²) in [6, 6.07) is 11.8. The van der Waals surface area contributed by atoms with Gasteiger partial charge < -0.3 is 5.32 Å². The summed E-state index contributed by atoms with van der Waals surface area (Å²) in [6.07, 6.45) is 3.44. The van der Waals surface area contributed by atoms with Crippen LogP contribution in [0.2, 0.25) is 5.02 Å². The molecule has 4 rings (SSSR count). The number of benzene rings is 1.